The number of rotatable bonds is 7. The Bertz CT molecular complexity index is 181. The van der Waals surface area contributed by atoms with Crippen molar-refractivity contribution in [3.63, 3.8) is 0 Å². The zero-order valence-electron chi connectivity index (χ0n) is 11.3. The Balaban J connectivity index is 4.51. The summed E-state index contributed by atoms with van der Waals surface area (Å²) >= 11 is 0. The summed E-state index contributed by atoms with van der Waals surface area (Å²) in [7, 11) is 2.69. The largest absolute Gasteiger partial charge is 0.441 e. The molecule has 0 aliphatic carbocycles. The van der Waals surface area contributed by atoms with E-state index in [0.29, 0.717) is 0 Å². The standard InChI is InChI=1S/C9H27N3OSi2/c1-8-12(3)15(10-2,13-4)11-9-14(5,6)7/h10-11H,8-9H2,1-7H3. The molecule has 0 saturated heterocycles. The van der Waals surface area contributed by atoms with Crippen LogP contribution < -0.4 is 9.96 Å². The van der Waals surface area contributed by atoms with E-state index in [-0.39, 0.29) is 0 Å². The van der Waals surface area contributed by atoms with Crippen molar-refractivity contribution in [2.24, 2.45) is 0 Å². The molecule has 0 fully saturated rings. The van der Waals surface area contributed by atoms with Crippen molar-refractivity contribution in [3.05, 3.63) is 0 Å². The van der Waals surface area contributed by atoms with Gasteiger partial charge in [0.05, 0.1) is 8.07 Å². The normalized spacial score (nSPS) is 16.8. The summed E-state index contributed by atoms with van der Waals surface area (Å²) in [5, 5.41) is 0. The SMILES string of the molecule is CCN(C)[Si](NC)(NC[Si](C)(C)C)OC. The fourth-order valence-corrected chi connectivity index (χ4v) is 6.37. The van der Waals surface area contributed by atoms with E-state index in [1.807, 2.05) is 7.05 Å². The minimum absolute atomic E-state index is 0.986. The summed E-state index contributed by atoms with van der Waals surface area (Å²) in [5.74, 6) is 0. The zero-order valence-corrected chi connectivity index (χ0v) is 13.3. The lowest BCUT2D eigenvalue weighted by atomic mass is 10.8. The van der Waals surface area contributed by atoms with E-state index in [9.17, 15) is 0 Å². The van der Waals surface area contributed by atoms with Crippen molar-refractivity contribution >= 4 is 16.9 Å². The summed E-state index contributed by atoms with van der Waals surface area (Å²) in [6.07, 6.45) is 1.08. The van der Waals surface area contributed by atoms with Crippen LogP contribution >= 0.6 is 0 Å². The molecule has 1 atom stereocenters. The van der Waals surface area contributed by atoms with Crippen LogP contribution in [-0.4, -0.2) is 55.4 Å². The first kappa shape index (κ1) is 15.3. The predicted molar refractivity (Wildman–Crippen MR) is 71.5 cm³/mol. The third kappa shape index (κ3) is 4.75. The molecule has 0 amide bonds. The molecule has 0 bridgehead atoms. The van der Waals surface area contributed by atoms with Gasteiger partial charge in [0.2, 0.25) is 0 Å². The maximum absolute atomic E-state index is 5.70. The molecular formula is C9H27N3OSi2. The van der Waals surface area contributed by atoms with E-state index in [1.165, 1.54) is 0 Å². The average Bonchev–Trinajstić information content (AvgIpc) is 2.18. The highest BCUT2D eigenvalue weighted by Crippen LogP contribution is 2.04. The minimum Gasteiger partial charge on any atom is -0.383 e. The monoisotopic (exact) mass is 249 g/mol. The summed E-state index contributed by atoms with van der Waals surface area (Å²) in [4.78, 5) is 6.96. The quantitative estimate of drug-likeness (QED) is 0.652. The van der Waals surface area contributed by atoms with Gasteiger partial charge in [-0.2, -0.15) is 0 Å². The van der Waals surface area contributed by atoms with Crippen molar-refractivity contribution in [2.75, 3.05) is 33.9 Å². The topological polar surface area (TPSA) is 36.5 Å². The first-order valence-electron chi connectivity index (χ1n) is 5.51. The van der Waals surface area contributed by atoms with E-state index in [4.69, 9.17) is 4.43 Å². The second-order valence-electron chi connectivity index (χ2n) is 5.03. The Morgan fingerprint density at radius 1 is 1.27 bits per heavy atom. The highest BCUT2D eigenvalue weighted by Gasteiger charge is 2.39. The zero-order chi connectivity index (χ0) is 12.1. The maximum Gasteiger partial charge on any atom is 0.441 e. The van der Waals surface area contributed by atoms with Gasteiger partial charge >= 0.3 is 8.80 Å². The number of nitrogens with one attached hydrogen (secondary N) is 2. The van der Waals surface area contributed by atoms with Crippen LogP contribution in [0.15, 0.2) is 0 Å². The molecule has 0 rings (SSSR count). The number of hydrogen-bond acceptors (Lipinski definition) is 4. The van der Waals surface area contributed by atoms with E-state index < -0.39 is 16.9 Å². The van der Waals surface area contributed by atoms with Crippen LogP contribution in [0.3, 0.4) is 0 Å². The van der Waals surface area contributed by atoms with Crippen LogP contribution in [-0.2, 0) is 4.43 Å². The van der Waals surface area contributed by atoms with Gasteiger partial charge in [-0.05, 0) is 26.8 Å². The Morgan fingerprint density at radius 2 is 1.80 bits per heavy atom. The Labute approximate surface area is 96.8 Å². The fourth-order valence-electron chi connectivity index (χ4n) is 1.35. The molecule has 0 spiro atoms. The molecule has 0 aliphatic heterocycles. The Morgan fingerprint density at radius 3 is 2.07 bits per heavy atom. The molecule has 0 aromatic heterocycles. The number of nitrogens with zero attached hydrogens (tertiary/aromatic N) is 1. The molecular weight excluding hydrogens is 222 g/mol. The van der Waals surface area contributed by atoms with Gasteiger partial charge in [0, 0.05) is 7.11 Å². The van der Waals surface area contributed by atoms with Crippen LogP contribution in [0.25, 0.3) is 0 Å². The molecule has 0 aromatic rings. The van der Waals surface area contributed by atoms with Gasteiger partial charge in [0.25, 0.3) is 0 Å². The van der Waals surface area contributed by atoms with Gasteiger partial charge < -0.3 is 4.43 Å². The highest BCUT2D eigenvalue weighted by molar-refractivity contribution is 6.78. The van der Waals surface area contributed by atoms with Crippen molar-refractivity contribution < 1.29 is 4.43 Å². The molecule has 15 heavy (non-hydrogen) atoms. The lowest BCUT2D eigenvalue weighted by Gasteiger charge is -2.37. The summed E-state index contributed by atoms with van der Waals surface area (Å²) in [5.41, 5.74) is 0. The smallest absolute Gasteiger partial charge is 0.383 e. The Kier molecular flexibility index (Phi) is 6.23. The second-order valence-corrected chi connectivity index (χ2v) is 13.8. The number of hydrogen-bond donors (Lipinski definition) is 2. The molecule has 0 aromatic carbocycles. The van der Waals surface area contributed by atoms with E-state index in [0.717, 1.165) is 12.7 Å². The van der Waals surface area contributed by atoms with Gasteiger partial charge in [-0.25, -0.2) is 0 Å². The molecule has 6 heteroatoms. The van der Waals surface area contributed by atoms with Gasteiger partial charge in [0.15, 0.2) is 0 Å². The predicted octanol–water partition coefficient (Wildman–Crippen LogP) is 0.707. The van der Waals surface area contributed by atoms with Crippen molar-refractivity contribution in [1.29, 1.82) is 0 Å². The second kappa shape index (κ2) is 6.12. The van der Waals surface area contributed by atoms with Crippen molar-refractivity contribution in [2.45, 2.75) is 26.6 Å². The first-order chi connectivity index (χ1) is 6.81. The summed E-state index contributed by atoms with van der Waals surface area (Å²) in [6.45, 7) is 10.2. The van der Waals surface area contributed by atoms with E-state index in [2.05, 4.69) is 48.1 Å². The van der Waals surface area contributed by atoms with Crippen molar-refractivity contribution in [3.8, 4) is 0 Å². The minimum atomic E-state index is -2.09. The van der Waals surface area contributed by atoms with Crippen molar-refractivity contribution in [1.82, 2.24) is 14.5 Å². The van der Waals surface area contributed by atoms with Gasteiger partial charge in [-0.15, -0.1) is 0 Å². The third-order valence-corrected chi connectivity index (χ3v) is 7.41. The molecule has 0 radical (unpaired) electrons. The molecule has 92 valence electrons. The molecule has 4 nitrogen and oxygen atoms in total. The highest BCUT2D eigenvalue weighted by atomic mass is 28.4. The van der Waals surface area contributed by atoms with Crippen LogP contribution in [0.1, 0.15) is 6.92 Å². The van der Waals surface area contributed by atoms with Crippen LogP contribution in [0.4, 0.5) is 0 Å². The molecule has 1 unspecified atom stereocenters. The first-order valence-corrected chi connectivity index (χ1v) is 11.1. The van der Waals surface area contributed by atoms with E-state index >= 15 is 0 Å². The van der Waals surface area contributed by atoms with Gasteiger partial charge in [0.1, 0.15) is 0 Å². The fraction of sp³-hybridized carbons (Fsp3) is 1.00. The van der Waals surface area contributed by atoms with Crippen LogP contribution in [0.5, 0.6) is 0 Å². The van der Waals surface area contributed by atoms with Crippen LogP contribution in [0, 0.1) is 0 Å². The third-order valence-electron chi connectivity index (χ3n) is 2.50. The van der Waals surface area contributed by atoms with E-state index in [1.54, 1.807) is 7.11 Å². The molecule has 0 aliphatic rings. The summed E-state index contributed by atoms with van der Waals surface area (Å²) < 4.78 is 7.96. The van der Waals surface area contributed by atoms with Gasteiger partial charge in [-0.1, -0.05) is 26.6 Å². The van der Waals surface area contributed by atoms with Gasteiger partial charge in [-0.3, -0.25) is 14.5 Å². The average molecular weight is 250 g/mol. The maximum atomic E-state index is 5.70. The molecule has 2 N–H and O–H groups in total. The lowest BCUT2D eigenvalue weighted by molar-refractivity contribution is 0.289. The summed E-state index contributed by atoms with van der Waals surface area (Å²) in [6, 6.07) is 0. The van der Waals surface area contributed by atoms with Crippen LogP contribution in [0.2, 0.25) is 19.6 Å². The Hall–Kier alpha value is 0.274. The molecule has 0 saturated carbocycles. The lowest BCUT2D eigenvalue weighted by Crippen LogP contribution is -2.74. The molecule has 0 heterocycles.